The van der Waals surface area contributed by atoms with Crippen molar-refractivity contribution in [3.8, 4) is 0 Å². The molecule has 3 nitrogen and oxygen atoms in total. The Morgan fingerprint density at radius 3 is 2.73 bits per heavy atom. The first-order valence-electron chi connectivity index (χ1n) is 3.38. The van der Waals surface area contributed by atoms with Gasteiger partial charge >= 0.3 is 6.09 Å². The van der Waals surface area contributed by atoms with Gasteiger partial charge in [-0.05, 0) is 13.3 Å². The van der Waals surface area contributed by atoms with Gasteiger partial charge in [0.05, 0.1) is 0 Å². The Kier molecular flexibility index (Phi) is 4.70. The minimum Gasteiger partial charge on any atom is -0.446 e. The lowest BCUT2D eigenvalue weighted by Crippen LogP contribution is -2.24. The number of alkyl carbamates (subject to hydrolysis) is 1. The van der Waals surface area contributed by atoms with E-state index < -0.39 is 6.09 Å². The van der Waals surface area contributed by atoms with E-state index in [0.29, 0.717) is 0 Å². The van der Waals surface area contributed by atoms with Crippen LogP contribution in [-0.4, -0.2) is 12.2 Å². The highest BCUT2D eigenvalue weighted by Crippen LogP contribution is 1.98. The molecule has 0 spiro atoms. The van der Waals surface area contributed by atoms with E-state index in [-0.39, 0.29) is 11.3 Å². The minimum atomic E-state index is -0.556. The molecule has 4 heteroatoms. The van der Waals surface area contributed by atoms with E-state index in [1.54, 1.807) is 6.92 Å². The zero-order chi connectivity index (χ0) is 8.85. The topological polar surface area (TPSA) is 38.3 Å². The van der Waals surface area contributed by atoms with Crippen LogP contribution in [0.2, 0.25) is 0 Å². The van der Waals surface area contributed by atoms with Crippen molar-refractivity contribution in [2.75, 3.05) is 0 Å². The molecule has 0 bridgehead atoms. The number of halogens is 1. The summed E-state index contributed by atoms with van der Waals surface area (Å²) in [5, 5.41) is 2.29. The largest absolute Gasteiger partial charge is 0.446 e. The Balaban J connectivity index is 3.60. The molecule has 1 N–H and O–H groups in total. The average Bonchev–Trinajstić information content (AvgIpc) is 1.85. The van der Waals surface area contributed by atoms with Crippen molar-refractivity contribution in [2.24, 2.45) is 0 Å². The lowest BCUT2D eigenvalue weighted by atomic mass is 10.3. The molecule has 0 rings (SSSR count). The van der Waals surface area contributed by atoms with Crippen molar-refractivity contribution in [3.63, 3.8) is 0 Å². The monoisotopic (exact) mass is 177 g/mol. The summed E-state index contributed by atoms with van der Waals surface area (Å²) in [4.78, 5) is 10.7. The van der Waals surface area contributed by atoms with Gasteiger partial charge in [-0.25, -0.2) is 4.79 Å². The molecule has 0 saturated carbocycles. The fourth-order valence-electron chi connectivity index (χ4n) is 0.406. The second-order valence-electron chi connectivity index (χ2n) is 2.15. The van der Waals surface area contributed by atoms with E-state index >= 15 is 0 Å². The van der Waals surface area contributed by atoms with Gasteiger partial charge in [0.25, 0.3) is 0 Å². The standard InChI is InChI=1S/C7H12ClNO2/c1-4-5(2)11-7(10)9-6(3)8/h5H,3-4H2,1-2H3,(H,9,10). The van der Waals surface area contributed by atoms with Gasteiger partial charge in [-0.1, -0.05) is 25.1 Å². The van der Waals surface area contributed by atoms with E-state index in [0.717, 1.165) is 6.42 Å². The van der Waals surface area contributed by atoms with E-state index in [2.05, 4.69) is 11.9 Å². The van der Waals surface area contributed by atoms with Crippen LogP contribution in [0, 0.1) is 0 Å². The van der Waals surface area contributed by atoms with Crippen molar-refractivity contribution in [1.82, 2.24) is 5.32 Å². The molecule has 0 aliphatic heterocycles. The molecule has 11 heavy (non-hydrogen) atoms. The Morgan fingerprint density at radius 1 is 1.82 bits per heavy atom. The number of carbonyl (C=O) groups excluding carboxylic acids is 1. The van der Waals surface area contributed by atoms with Gasteiger partial charge in [-0.15, -0.1) is 0 Å². The molecular formula is C7H12ClNO2. The number of hydrogen-bond acceptors (Lipinski definition) is 2. The second-order valence-corrected chi connectivity index (χ2v) is 2.61. The Labute approximate surface area is 71.4 Å². The van der Waals surface area contributed by atoms with E-state index in [4.69, 9.17) is 16.3 Å². The second kappa shape index (κ2) is 5.02. The molecule has 0 aromatic heterocycles. The highest BCUT2D eigenvalue weighted by atomic mass is 35.5. The van der Waals surface area contributed by atoms with Gasteiger partial charge in [0.1, 0.15) is 11.3 Å². The summed E-state index contributed by atoms with van der Waals surface area (Å²) in [5.41, 5.74) is 0. The maximum atomic E-state index is 10.7. The molecule has 0 aromatic rings. The molecule has 0 aromatic carbocycles. The third-order valence-electron chi connectivity index (χ3n) is 1.12. The maximum absolute atomic E-state index is 10.7. The number of rotatable bonds is 3. The molecule has 1 unspecified atom stereocenters. The van der Waals surface area contributed by atoms with Gasteiger partial charge in [-0.3, -0.25) is 5.32 Å². The summed E-state index contributed by atoms with van der Waals surface area (Å²) in [6.45, 7) is 7.01. The Morgan fingerprint density at radius 2 is 2.36 bits per heavy atom. The van der Waals surface area contributed by atoms with Crippen LogP contribution < -0.4 is 5.32 Å². The molecule has 0 radical (unpaired) electrons. The summed E-state index contributed by atoms with van der Waals surface area (Å²) in [5.74, 6) is 0. The molecule has 0 fully saturated rings. The van der Waals surface area contributed by atoms with Crippen LogP contribution in [0.25, 0.3) is 0 Å². The molecule has 0 saturated heterocycles. The van der Waals surface area contributed by atoms with Crippen molar-refractivity contribution >= 4 is 17.7 Å². The summed E-state index contributed by atoms with van der Waals surface area (Å²) in [6.07, 6.45) is 0.132. The van der Waals surface area contributed by atoms with E-state index in [9.17, 15) is 4.79 Å². The lowest BCUT2D eigenvalue weighted by molar-refractivity contribution is 0.108. The Hall–Kier alpha value is -0.700. The van der Waals surface area contributed by atoms with E-state index in [1.807, 2.05) is 6.92 Å². The van der Waals surface area contributed by atoms with E-state index in [1.165, 1.54) is 0 Å². The van der Waals surface area contributed by atoms with Crippen LogP contribution in [0.3, 0.4) is 0 Å². The Bertz CT molecular complexity index is 159. The SMILES string of the molecule is C=C(Cl)NC(=O)OC(C)CC. The number of amides is 1. The van der Waals surface area contributed by atoms with Gasteiger partial charge in [0.15, 0.2) is 0 Å². The molecule has 0 aliphatic rings. The predicted molar refractivity (Wildman–Crippen MR) is 44.4 cm³/mol. The van der Waals surface area contributed by atoms with Crippen LogP contribution in [0.5, 0.6) is 0 Å². The van der Waals surface area contributed by atoms with Gasteiger partial charge in [0, 0.05) is 0 Å². The van der Waals surface area contributed by atoms with Crippen LogP contribution in [0.1, 0.15) is 20.3 Å². The quantitative estimate of drug-likeness (QED) is 0.672. The van der Waals surface area contributed by atoms with Crippen LogP contribution >= 0.6 is 11.6 Å². The summed E-state index contributed by atoms with van der Waals surface area (Å²) < 4.78 is 4.81. The smallest absolute Gasteiger partial charge is 0.412 e. The van der Waals surface area contributed by atoms with Crippen LogP contribution in [0.15, 0.2) is 11.7 Å². The van der Waals surface area contributed by atoms with Gasteiger partial charge in [0.2, 0.25) is 0 Å². The number of carbonyl (C=O) groups is 1. The normalized spacial score (nSPS) is 11.9. The first kappa shape index (κ1) is 10.3. The third-order valence-corrected chi connectivity index (χ3v) is 1.22. The minimum absolute atomic E-state index is 0.0679. The van der Waals surface area contributed by atoms with Crippen molar-refractivity contribution < 1.29 is 9.53 Å². The zero-order valence-corrected chi connectivity index (χ0v) is 7.44. The highest BCUT2D eigenvalue weighted by molar-refractivity contribution is 6.29. The number of nitrogens with one attached hydrogen (secondary N) is 1. The molecule has 0 aliphatic carbocycles. The predicted octanol–water partition coefficient (Wildman–Crippen LogP) is 2.22. The van der Waals surface area contributed by atoms with Crippen molar-refractivity contribution in [2.45, 2.75) is 26.4 Å². The molecule has 0 heterocycles. The molecule has 1 amide bonds. The lowest BCUT2D eigenvalue weighted by Gasteiger charge is -2.10. The summed E-state index contributed by atoms with van der Waals surface area (Å²) >= 11 is 5.29. The number of hydrogen-bond donors (Lipinski definition) is 1. The van der Waals surface area contributed by atoms with Gasteiger partial charge in [-0.2, -0.15) is 0 Å². The first-order chi connectivity index (χ1) is 5.06. The third kappa shape index (κ3) is 5.73. The summed E-state index contributed by atoms with van der Waals surface area (Å²) in [7, 11) is 0. The average molecular weight is 178 g/mol. The molecular weight excluding hydrogens is 166 g/mol. The molecule has 64 valence electrons. The fraction of sp³-hybridized carbons (Fsp3) is 0.571. The number of ether oxygens (including phenoxy) is 1. The molecule has 1 atom stereocenters. The van der Waals surface area contributed by atoms with Crippen molar-refractivity contribution in [3.05, 3.63) is 11.7 Å². The first-order valence-corrected chi connectivity index (χ1v) is 3.76. The fourth-order valence-corrected chi connectivity index (χ4v) is 0.483. The maximum Gasteiger partial charge on any atom is 0.412 e. The van der Waals surface area contributed by atoms with Crippen LogP contribution in [0.4, 0.5) is 4.79 Å². The van der Waals surface area contributed by atoms with Crippen LogP contribution in [-0.2, 0) is 4.74 Å². The van der Waals surface area contributed by atoms with Gasteiger partial charge < -0.3 is 4.74 Å². The highest BCUT2D eigenvalue weighted by Gasteiger charge is 2.06. The zero-order valence-electron chi connectivity index (χ0n) is 6.69. The summed E-state index contributed by atoms with van der Waals surface area (Å²) in [6, 6.07) is 0. The van der Waals surface area contributed by atoms with Crippen molar-refractivity contribution in [1.29, 1.82) is 0 Å².